The molecule has 0 saturated heterocycles. The maximum atomic E-state index is 5.69. The molecular weight excluding hydrogens is 172 g/mol. The molecule has 0 unspecified atom stereocenters. The van der Waals surface area contributed by atoms with Gasteiger partial charge in [0.05, 0.1) is 5.69 Å². The van der Waals surface area contributed by atoms with Crippen molar-refractivity contribution in [3.8, 4) is 0 Å². The van der Waals surface area contributed by atoms with Gasteiger partial charge in [-0.25, -0.2) is 0 Å². The van der Waals surface area contributed by atoms with E-state index < -0.39 is 0 Å². The van der Waals surface area contributed by atoms with Crippen molar-refractivity contribution in [2.45, 2.75) is 18.8 Å². The van der Waals surface area contributed by atoms with Crippen LogP contribution in [0.2, 0.25) is 0 Å². The van der Waals surface area contributed by atoms with Crippen molar-refractivity contribution in [2.75, 3.05) is 0 Å². The molecule has 14 heavy (non-hydrogen) atoms. The Kier molecular flexibility index (Phi) is 2.12. The monoisotopic (exact) mass is 186 g/mol. The molecule has 72 valence electrons. The molecule has 0 bridgehead atoms. The predicted octanol–water partition coefficient (Wildman–Crippen LogP) is 2.14. The fourth-order valence-electron chi connectivity index (χ4n) is 1.64. The third-order valence-corrected chi connectivity index (χ3v) is 2.66. The van der Waals surface area contributed by atoms with Crippen molar-refractivity contribution in [3.05, 3.63) is 54.0 Å². The van der Waals surface area contributed by atoms with Crippen molar-refractivity contribution < 1.29 is 0 Å². The Labute approximate surface area is 84.2 Å². The zero-order chi connectivity index (χ0) is 10.0. The summed E-state index contributed by atoms with van der Waals surface area (Å²) >= 11 is 0. The second kappa shape index (κ2) is 3.29. The highest BCUT2D eigenvalue weighted by molar-refractivity contribution is 5.33. The maximum absolute atomic E-state index is 5.69. The van der Waals surface area contributed by atoms with Gasteiger partial charge >= 0.3 is 0 Å². The van der Waals surface area contributed by atoms with Crippen LogP contribution in [0.4, 0.5) is 0 Å². The first-order valence-electron chi connectivity index (χ1n) is 4.77. The van der Waals surface area contributed by atoms with Crippen LogP contribution < -0.4 is 5.73 Å². The van der Waals surface area contributed by atoms with Crippen LogP contribution in [0.15, 0.2) is 48.3 Å². The Morgan fingerprint density at radius 2 is 2.29 bits per heavy atom. The molecule has 0 amide bonds. The van der Waals surface area contributed by atoms with Gasteiger partial charge in [-0.1, -0.05) is 25.1 Å². The largest absolute Gasteiger partial charge is 0.399 e. The van der Waals surface area contributed by atoms with E-state index in [4.69, 9.17) is 5.73 Å². The number of pyridine rings is 1. The number of rotatable bonds is 1. The second-order valence-electron chi connectivity index (χ2n) is 3.87. The van der Waals surface area contributed by atoms with E-state index in [1.807, 2.05) is 24.4 Å². The van der Waals surface area contributed by atoms with Crippen LogP contribution in [-0.4, -0.2) is 4.98 Å². The highest BCUT2D eigenvalue weighted by atomic mass is 14.7. The van der Waals surface area contributed by atoms with Crippen molar-refractivity contribution in [3.63, 3.8) is 0 Å². The molecule has 1 aromatic heterocycles. The minimum absolute atomic E-state index is 0.00410. The van der Waals surface area contributed by atoms with Gasteiger partial charge in [0.1, 0.15) is 0 Å². The topological polar surface area (TPSA) is 38.9 Å². The van der Waals surface area contributed by atoms with Crippen molar-refractivity contribution >= 4 is 0 Å². The molecule has 1 aliphatic carbocycles. The highest BCUT2D eigenvalue weighted by Gasteiger charge is 2.25. The van der Waals surface area contributed by atoms with Gasteiger partial charge in [0.2, 0.25) is 0 Å². The standard InChI is InChI=1S/C12H14N2/c1-12(7-5-10(13)6-8-12)11-4-2-3-9-14-11/h2-7,9H,8,13H2,1H3/t12-/m0/s1. The van der Waals surface area contributed by atoms with E-state index in [2.05, 4.69) is 30.1 Å². The fraction of sp³-hybridized carbons (Fsp3) is 0.250. The molecule has 1 aromatic rings. The predicted molar refractivity (Wildman–Crippen MR) is 57.6 cm³/mol. The molecule has 0 aliphatic heterocycles. The summed E-state index contributed by atoms with van der Waals surface area (Å²) < 4.78 is 0. The molecule has 0 radical (unpaired) electrons. The summed E-state index contributed by atoms with van der Waals surface area (Å²) in [6.07, 6.45) is 8.89. The zero-order valence-electron chi connectivity index (χ0n) is 8.27. The lowest BCUT2D eigenvalue weighted by molar-refractivity contribution is 0.575. The smallest absolute Gasteiger partial charge is 0.0503 e. The van der Waals surface area contributed by atoms with Crippen molar-refractivity contribution in [1.29, 1.82) is 0 Å². The van der Waals surface area contributed by atoms with Gasteiger partial charge in [-0.15, -0.1) is 0 Å². The molecule has 1 aliphatic rings. The average molecular weight is 186 g/mol. The second-order valence-corrected chi connectivity index (χ2v) is 3.87. The Bertz CT molecular complexity index is 379. The molecule has 0 fully saturated rings. The summed E-state index contributed by atoms with van der Waals surface area (Å²) in [7, 11) is 0. The van der Waals surface area contributed by atoms with Crippen LogP contribution in [0.5, 0.6) is 0 Å². The molecule has 0 spiro atoms. The van der Waals surface area contributed by atoms with Gasteiger partial charge < -0.3 is 5.73 Å². The number of allylic oxidation sites excluding steroid dienone is 3. The van der Waals surface area contributed by atoms with E-state index in [0.717, 1.165) is 17.8 Å². The minimum atomic E-state index is 0.00410. The summed E-state index contributed by atoms with van der Waals surface area (Å²) in [6, 6.07) is 6.01. The summed E-state index contributed by atoms with van der Waals surface area (Å²) in [6.45, 7) is 2.18. The summed E-state index contributed by atoms with van der Waals surface area (Å²) in [5, 5.41) is 0. The van der Waals surface area contributed by atoms with Crippen LogP contribution in [0.1, 0.15) is 19.0 Å². The molecule has 0 saturated carbocycles. The molecule has 2 N–H and O–H groups in total. The van der Waals surface area contributed by atoms with E-state index >= 15 is 0 Å². The Hall–Kier alpha value is -1.57. The summed E-state index contributed by atoms with van der Waals surface area (Å²) in [4.78, 5) is 4.38. The van der Waals surface area contributed by atoms with E-state index in [0.29, 0.717) is 0 Å². The van der Waals surface area contributed by atoms with Crippen LogP contribution >= 0.6 is 0 Å². The van der Waals surface area contributed by atoms with Gasteiger partial charge in [-0.2, -0.15) is 0 Å². The molecule has 2 rings (SSSR count). The first-order chi connectivity index (χ1) is 6.71. The Morgan fingerprint density at radius 3 is 2.86 bits per heavy atom. The lowest BCUT2D eigenvalue weighted by Gasteiger charge is -2.26. The molecule has 1 atom stereocenters. The number of nitrogens with two attached hydrogens (primary N) is 1. The van der Waals surface area contributed by atoms with Gasteiger partial charge in [-0.3, -0.25) is 4.98 Å². The minimum Gasteiger partial charge on any atom is -0.399 e. The van der Waals surface area contributed by atoms with Crippen LogP contribution in [0.25, 0.3) is 0 Å². The molecule has 2 heteroatoms. The Morgan fingerprint density at radius 1 is 1.43 bits per heavy atom. The number of hydrogen-bond donors (Lipinski definition) is 1. The van der Waals surface area contributed by atoms with Gasteiger partial charge in [0.25, 0.3) is 0 Å². The van der Waals surface area contributed by atoms with Crippen molar-refractivity contribution in [1.82, 2.24) is 4.98 Å². The zero-order valence-corrected chi connectivity index (χ0v) is 8.27. The summed E-state index contributed by atoms with van der Waals surface area (Å²) in [5.41, 5.74) is 7.63. The number of hydrogen-bond acceptors (Lipinski definition) is 2. The first kappa shape index (κ1) is 9.00. The lowest BCUT2D eigenvalue weighted by atomic mass is 9.80. The molecule has 1 heterocycles. The van der Waals surface area contributed by atoms with E-state index in [-0.39, 0.29) is 5.41 Å². The normalized spacial score (nSPS) is 25.9. The number of nitrogens with zero attached hydrogens (tertiary/aromatic N) is 1. The highest BCUT2D eigenvalue weighted by Crippen LogP contribution is 2.31. The summed E-state index contributed by atoms with van der Waals surface area (Å²) in [5.74, 6) is 0. The van der Waals surface area contributed by atoms with Gasteiger partial charge in [0, 0.05) is 17.3 Å². The van der Waals surface area contributed by atoms with Crippen LogP contribution in [0, 0.1) is 0 Å². The average Bonchev–Trinajstić information content (AvgIpc) is 2.24. The van der Waals surface area contributed by atoms with Gasteiger partial charge in [-0.05, 0) is 24.6 Å². The molecular formula is C12H14N2. The van der Waals surface area contributed by atoms with E-state index in [9.17, 15) is 0 Å². The number of aromatic nitrogens is 1. The molecule has 2 nitrogen and oxygen atoms in total. The Balaban J connectivity index is 2.32. The maximum Gasteiger partial charge on any atom is 0.0503 e. The third kappa shape index (κ3) is 1.55. The third-order valence-electron chi connectivity index (χ3n) is 2.66. The first-order valence-corrected chi connectivity index (χ1v) is 4.77. The molecule has 0 aromatic carbocycles. The SMILES string of the molecule is C[C@]1(c2ccccn2)C=CC(N)=CC1. The quantitative estimate of drug-likeness (QED) is 0.729. The van der Waals surface area contributed by atoms with E-state index in [1.165, 1.54) is 0 Å². The lowest BCUT2D eigenvalue weighted by Crippen LogP contribution is -2.22. The van der Waals surface area contributed by atoms with Gasteiger partial charge in [0.15, 0.2) is 0 Å². The van der Waals surface area contributed by atoms with E-state index in [1.54, 1.807) is 0 Å². The van der Waals surface area contributed by atoms with Crippen LogP contribution in [-0.2, 0) is 5.41 Å². The van der Waals surface area contributed by atoms with Crippen molar-refractivity contribution in [2.24, 2.45) is 5.73 Å². The fourth-order valence-corrected chi connectivity index (χ4v) is 1.64. The van der Waals surface area contributed by atoms with Crippen LogP contribution in [0.3, 0.4) is 0 Å².